The number of thiophene rings is 2. The molecule has 0 radical (unpaired) electrons. The van der Waals surface area contributed by atoms with Crippen LogP contribution < -0.4 is 0 Å². The van der Waals surface area contributed by atoms with Crippen LogP contribution in [0.3, 0.4) is 0 Å². The summed E-state index contributed by atoms with van der Waals surface area (Å²) in [5.41, 5.74) is 9.04. The number of rotatable bonds is 4. The van der Waals surface area contributed by atoms with Crippen molar-refractivity contribution < 1.29 is 9.59 Å². The fourth-order valence-electron chi connectivity index (χ4n) is 3.80. The highest BCUT2D eigenvalue weighted by atomic mass is 32.1. The van der Waals surface area contributed by atoms with E-state index in [-0.39, 0.29) is 24.9 Å². The van der Waals surface area contributed by atoms with E-state index in [9.17, 15) is 9.59 Å². The molecule has 0 N–H and O–H groups in total. The Hall–Kier alpha value is -2.63. The van der Waals surface area contributed by atoms with Crippen LogP contribution in [-0.4, -0.2) is 50.9 Å². The molecule has 4 nitrogen and oxygen atoms in total. The molecule has 0 atom stereocenters. The summed E-state index contributed by atoms with van der Waals surface area (Å²) in [7, 11) is -3.18. The Morgan fingerprint density at radius 2 is 1.09 bits per heavy atom. The molecule has 0 unspecified atom stereocenters. The van der Waals surface area contributed by atoms with Crippen molar-refractivity contribution in [2.75, 3.05) is 13.1 Å². The van der Waals surface area contributed by atoms with Crippen LogP contribution in [0.1, 0.15) is 9.75 Å². The van der Waals surface area contributed by atoms with Gasteiger partial charge in [0, 0.05) is 0 Å². The van der Waals surface area contributed by atoms with Gasteiger partial charge in [0.1, 0.15) is 16.1 Å². The van der Waals surface area contributed by atoms with Gasteiger partial charge >= 0.3 is 0 Å². The number of nitrogens with zero attached hydrogens (tertiary/aromatic N) is 2. The first kappa shape index (κ1) is 24.5. The van der Waals surface area contributed by atoms with Crippen LogP contribution >= 0.6 is 22.7 Å². The Labute approximate surface area is 212 Å². The van der Waals surface area contributed by atoms with E-state index in [1.807, 2.05) is 35.0 Å². The van der Waals surface area contributed by atoms with Crippen molar-refractivity contribution in [1.82, 2.24) is 9.80 Å². The minimum Gasteiger partial charge on any atom is -0.294 e. The maximum absolute atomic E-state index is 13.8. The molecule has 2 aliphatic rings. The summed E-state index contributed by atoms with van der Waals surface area (Å²) >= 11 is 3.07. The fraction of sp³-hybridized carbons (Fsp3) is 0.308. The van der Waals surface area contributed by atoms with Gasteiger partial charge in [0.2, 0.25) is 0 Å². The molecule has 2 aromatic rings. The molecular weight excluding hydrogens is 493 g/mol. The number of carbonyl (C=O) groups is 2. The van der Waals surface area contributed by atoms with E-state index >= 15 is 0 Å². The number of fused-ring (bicyclic) bond motifs is 1. The Morgan fingerprint density at radius 1 is 0.706 bits per heavy atom. The van der Waals surface area contributed by atoms with Gasteiger partial charge in [-0.05, 0) is 22.9 Å². The van der Waals surface area contributed by atoms with Gasteiger partial charge in [-0.3, -0.25) is 19.4 Å². The van der Waals surface area contributed by atoms with Crippen molar-refractivity contribution in [3.8, 4) is 22.9 Å². The molecule has 2 aromatic heterocycles. The molecule has 2 aliphatic heterocycles. The summed E-state index contributed by atoms with van der Waals surface area (Å²) < 4.78 is 0. The number of amides is 2. The molecule has 34 heavy (non-hydrogen) atoms. The fourth-order valence-corrected chi connectivity index (χ4v) is 6.59. The SMILES string of the molecule is C[Si](C)(C)C#CCN1C(=O)C2=C(c3cccs3)N(CC#C[Si](C)(C)C)C(=O)C2=C1c1cccs1. The average Bonchev–Trinajstić information content (AvgIpc) is 3.50. The summed E-state index contributed by atoms with van der Waals surface area (Å²) in [6, 6.07) is 7.83. The van der Waals surface area contributed by atoms with Gasteiger partial charge in [-0.1, -0.05) is 63.3 Å². The summed E-state index contributed by atoms with van der Waals surface area (Å²) in [6.45, 7) is 13.6. The van der Waals surface area contributed by atoms with Crippen LogP contribution in [0.4, 0.5) is 0 Å². The second-order valence-corrected chi connectivity index (χ2v) is 21.7. The Balaban J connectivity index is 1.87. The lowest BCUT2D eigenvalue weighted by atomic mass is 10.1. The highest BCUT2D eigenvalue weighted by Crippen LogP contribution is 2.47. The van der Waals surface area contributed by atoms with Crippen molar-refractivity contribution in [2.45, 2.75) is 39.3 Å². The van der Waals surface area contributed by atoms with E-state index < -0.39 is 16.1 Å². The maximum atomic E-state index is 13.8. The highest BCUT2D eigenvalue weighted by Gasteiger charge is 2.49. The number of hydrogen-bond donors (Lipinski definition) is 0. The zero-order valence-electron chi connectivity index (χ0n) is 20.4. The van der Waals surface area contributed by atoms with Crippen molar-refractivity contribution in [3.63, 3.8) is 0 Å². The first-order valence-corrected chi connectivity index (χ1v) is 19.9. The molecule has 0 saturated carbocycles. The lowest BCUT2D eigenvalue weighted by molar-refractivity contribution is -0.123. The van der Waals surface area contributed by atoms with Crippen LogP contribution in [-0.2, 0) is 9.59 Å². The standard InChI is InChI=1S/C26H28N2O2S2Si2/c1-33(2,3)17-9-13-27-23(19-11-7-15-31-19)21-22(25(27)29)24(20-12-8-16-32-20)28(26(21)30)14-10-18-34(4,5)6/h7-8,11-12,15-16H,13-14H2,1-6H3. The van der Waals surface area contributed by atoms with Gasteiger partial charge in [-0.2, -0.15) is 0 Å². The molecule has 0 bridgehead atoms. The van der Waals surface area contributed by atoms with E-state index in [4.69, 9.17) is 0 Å². The Kier molecular flexibility index (Phi) is 6.63. The Bertz CT molecular complexity index is 1210. The third-order valence-electron chi connectivity index (χ3n) is 5.09. The predicted octanol–water partition coefficient (Wildman–Crippen LogP) is 5.38. The monoisotopic (exact) mass is 520 g/mol. The molecule has 0 aliphatic carbocycles. The second kappa shape index (κ2) is 9.20. The summed E-state index contributed by atoms with van der Waals surface area (Å²) in [6.07, 6.45) is 0. The smallest absolute Gasteiger partial charge is 0.262 e. The minimum absolute atomic E-state index is 0.152. The van der Waals surface area contributed by atoms with E-state index in [2.05, 4.69) is 62.2 Å². The molecular formula is C26H28N2O2S2Si2. The molecule has 0 fully saturated rings. The quantitative estimate of drug-likeness (QED) is 0.401. The molecule has 4 rings (SSSR count). The van der Waals surface area contributed by atoms with Gasteiger partial charge in [0.15, 0.2) is 0 Å². The largest absolute Gasteiger partial charge is 0.294 e. The molecule has 174 valence electrons. The van der Waals surface area contributed by atoms with Gasteiger partial charge in [-0.25, -0.2) is 0 Å². The zero-order valence-corrected chi connectivity index (χ0v) is 24.0. The molecule has 0 spiro atoms. The zero-order chi connectivity index (χ0) is 24.7. The minimum atomic E-state index is -1.59. The second-order valence-electron chi connectivity index (χ2n) is 10.3. The third-order valence-corrected chi connectivity index (χ3v) is 8.70. The lowest BCUT2D eigenvalue weighted by Crippen LogP contribution is -2.30. The van der Waals surface area contributed by atoms with E-state index in [1.54, 1.807) is 9.80 Å². The topological polar surface area (TPSA) is 40.6 Å². The molecule has 0 aromatic carbocycles. The number of hydrogen-bond acceptors (Lipinski definition) is 4. The van der Waals surface area contributed by atoms with Crippen molar-refractivity contribution in [2.24, 2.45) is 0 Å². The lowest BCUT2D eigenvalue weighted by Gasteiger charge is -2.22. The van der Waals surface area contributed by atoms with E-state index in [0.717, 1.165) is 9.75 Å². The van der Waals surface area contributed by atoms with Gasteiger partial charge in [-0.15, -0.1) is 33.8 Å². The molecule has 8 heteroatoms. The predicted molar refractivity (Wildman–Crippen MR) is 148 cm³/mol. The first-order chi connectivity index (χ1) is 16.0. The summed E-state index contributed by atoms with van der Waals surface area (Å²) in [5, 5.41) is 3.94. The van der Waals surface area contributed by atoms with Crippen LogP contribution in [0, 0.1) is 22.9 Å². The van der Waals surface area contributed by atoms with Crippen molar-refractivity contribution in [3.05, 3.63) is 55.9 Å². The molecule has 0 saturated heterocycles. The van der Waals surface area contributed by atoms with Crippen LogP contribution in [0.25, 0.3) is 11.4 Å². The molecule has 4 heterocycles. The van der Waals surface area contributed by atoms with Crippen LogP contribution in [0.2, 0.25) is 39.3 Å². The average molecular weight is 521 g/mol. The highest BCUT2D eigenvalue weighted by molar-refractivity contribution is 7.11. The van der Waals surface area contributed by atoms with Crippen molar-refractivity contribution >= 4 is 62.0 Å². The van der Waals surface area contributed by atoms with Crippen LogP contribution in [0.15, 0.2) is 46.2 Å². The first-order valence-electron chi connectivity index (χ1n) is 11.2. The Morgan fingerprint density at radius 3 is 1.38 bits per heavy atom. The van der Waals surface area contributed by atoms with Crippen LogP contribution in [0.5, 0.6) is 0 Å². The molecule has 2 amide bonds. The normalized spacial score (nSPS) is 16.1. The van der Waals surface area contributed by atoms with E-state index in [0.29, 0.717) is 22.5 Å². The van der Waals surface area contributed by atoms with Gasteiger partial charge in [0.25, 0.3) is 11.8 Å². The maximum Gasteiger partial charge on any atom is 0.262 e. The van der Waals surface area contributed by atoms with Gasteiger partial charge < -0.3 is 0 Å². The summed E-state index contributed by atoms with van der Waals surface area (Å²) in [5.74, 6) is 6.16. The van der Waals surface area contributed by atoms with Gasteiger partial charge in [0.05, 0.1) is 45.4 Å². The van der Waals surface area contributed by atoms with E-state index in [1.165, 1.54) is 22.7 Å². The third kappa shape index (κ3) is 4.91. The van der Waals surface area contributed by atoms with Crippen molar-refractivity contribution in [1.29, 1.82) is 0 Å². The summed E-state index contributed by atoms with van der Waals surface area (Å²) in [4.78, 5) is 32.9. The number of carbonyl (C=O) groups excluding carboxylic acids is 2.